The summed E-state index contributed by atoms with van der Waals surface area (Å²) >= 11 is 0. The van der Waals surface area contributed by atoms with Crippen molar-refractivity contribution in [2.24, 2.45) is 0 Å². The van der Waals surface area contributed by atoms with Crippen molar-refractivity contribution in [3.05, 3.63) is 42.0 Å². The molecule has 1 amide bonds. The Morgan fingerprint density at radius 1 is 1.34 bits per heavy atom. The van der Waals surface area contributed by atoms with Crippen molar-refractivity contribution in [2.45, 2.75) is 45.3 Å². The van der Waals surface area contributed by atoms with E-state index in [2.05, 4.69) is 20.2 Å². The first kappa shape index (κ1) is 20.5. The van der Waals surface area contributed by atoms with Crippen molar-refractivity contribution < 1.29 is 15.3 Å². The maximum absolute atomic E-state index is 13.9. The SMILES string of the molecule is CC(C)(C)OC(=O)NC1CCN(c2cncc(-c3ccc(C#N)c(F)c3)n2)CC1.[HH]. The van der Waals surface area contributed by atoms with E-state index in [9.17, 15) is 9.18 Å². The van der Waals surface area contributed by atoms with Crippen LogP contribution in [0.25, 0.3) is 11.3 Å². The number of hydrogen-bond acceptors (Lipinski definition) is 6. The minimum atomic E-state index is -0.578. The summed E-state index contributed by atoms with van der Waals surface area (Å²) in [7, 11) is 0. The Kier molecular flexibility index (Phi) is 5.97. The standard InChI is InChI=1S/C21H24FN5O2.H2/c1-21(2,3)29-20(28)25-16-6-8-27(9-7-16)19-13-24-12-18(26-19)14-4-5-15(11-23)17(22)10-14;/h4-5,10,12-13,16H,6-9H2,1-3H3,(H,25,28);1H. The molecule has 0 unspecified atom stereocenters. The lowest BCUT2D eigenvalue weighted by Crippen LogP contribution is -2.46. The van der Waals surface area contributed by atoms with Gasteiger partial charge in [-0.15, -0.1) is 0 Å². The molecule has 0 atom stereocenters. The summed E-state index contributed by atoms with van der Waals surface area (Å²) in [6.45, 7) is 6.92. The van der Waals surface area contributed by atoms with Gasteiger partial charge in [0.1, 0.15) is 23.3 Å². The van der Waals surface area contributed by atoms with Crippen LogP contribution in [0.15, 0.2) is 30.6 Å². The van der Waals surface area contributed by atoms with Crippen LogP contribution < -0.4 is 10.2 Å². The zero-order valence-electron chi connectivity index (χ0n) is 16.8. The number of anilines is 1. The Balaban J connectivity index is 0.00000320. The molecule has 0 radical (unpaired) electrons. The lowest BCUT2D eigenvalue weighted by molar-refractivity contribution is 0.0497. The van der Waals surface area contributed by atoms with Crippen molar-refractivity contribution in [1.29, 1.82) is 5.26 Å². The highest BCUT2D eigenvalue weighted by molar-refractivity contribution is 5.68. The number of hydrogen-bond donors (Lipinski definition) is 1. The number of nitrogens with zero attached hydrogens (tertiary/aromatic N) is 4. The molecule has 3 rings (SSSR count). The number of amides is 1. The summed E-state index contributed by atoms with van der Waals surface area (Å²) in [5.74, 6) is 0.120. The van der Waals surface area contributed by atoms with Crippen LogP contribution in [-0.4, -0.2) is 40.8 Å². The van der Waals surface area contributed by atoms with Crippen molar-refractivity contribution >= 4 is 11.9 Å². The van der Waals surface area contributed by atoms with E-state index in [4.69, 9.17) is 10.00 Å². The fraction of sp³-hybridized carbons (Fsp3) is 0.429. The average Bonchev–Trinajstić information content (AvgIpc) is 2.67. The van der Waals surface area contributed by atoms with E-state index in [1.54, 1.807) is 18.5 Å². The molecule has 0 saturated carbocycles. The van der Waals surface area contributed by atoms with E-state index >= 15 is 0 Å². The maximum atomic E-state index is 13.9. The number of piperidine rings is 1. The van der Waals surface area contributed by atoms with Gasteiger partial charge in [0.05, 0.1) is 23.7 Å². The largest absolute Gasteiger partial charge is 0.444 e. The first-order valence-corrected chi connectivity index (χ1v) is 9.52. The summed E-state index contributed by atoms with van der Waals surface area (Å²) in [4.78, 5) is 22.9. The Labute approximate surface area is 171 Å². The zero-order valence-corrected chi connectivity index (χ0v) is 16.8. The molecule has 1 fully saturated rings. The van der Waals surface area contributed by atoms with Gasteiger partial charge in [-0.1, -0.05) is 6.07 Å². The Hall–Kier alpha value is -3.21. The molecule has 0 bridgehead atoms. The number of aromatic nitrogens is 2. The quantitative estimate of drug-likeness (QED) is 0.842. The molecule has 0 aliphatic carbocycles. The highest BCUT2D eigenvalue weighted by Gasteiger charge is 2.24. The number of carbonyl (C=O) groups excluding carboxylic acids is 1. The minimum absolute atomic E-state index is 0. The van der Waals surface area contributed by atoms with Gasteiger partial charge in [-0.3, -0.25) is 4.98 Å². The molecule has 8 heteroatoms. The number of halogens is 1. The van der Waals surface area contributed by atoms with E-state index in [-0.39, 0.29) is 13.0 Å². The lowest BCUT2D eigenvalue weighted by Gasteiger charge is -2.33. The Bertz CT molecular complexity index is 934. The Morgan fingerprint density at radius 2 is 2.07 bits per heavy atom. The molecule has 1 aliphatic heterocycles. The molecule has 1 aromatic carbocycles. The average molecular weight is 399 g/mol. The zero-order chi connectivity index (χ0) is 21.0. The second kappa shape index (κ2) is 8.43. The summed E-state index contributed by atoms with van der Waals surface area (Å²) in [5.41, 5.74) is 0.584. The van der Waals surface area contributed by atoms with Crippen LogP contribution in [-0.2, 0) is 4.74 Å². The second-order valence-corrected chi connectivity index (χ2v) is 7.98. The van der Waals surface area contributed by atoms with Gasteiger partial charge in [-0.2, -0.15) is 5.26 Å². The van der Waals surface area contributed by atoms with Crippen LogP contribution in [0, 0.1) is 17.1 Å². The smallest absolute Gasteiger partial charge is 0.407 e. The first-order chi connectivity index (χ1) is 13.7. The molecular formula is C21H26FN5O2. The van der Waals surface area contributed by atoms with Crippen LogP contribution in [0.3, 0.4) is 0 Å². The van der Waals surface area contributed by atoms with E-state index < -0.39 is 17.5 Å². The summed E-state index contributed by atoms with van der Waals surface area (Å²) in [6.07, 6.45) is 4.36. The van der Waals surface area contributed by atoms with Crippen LogP contribution in [0.2, 0.25) is 0 Å². The van der Waals surface area contributed by atoms with Crippen LogP contribution in [0.5, 0.6) is 0 Å². The van der Waals surface area contributed by atoms with Gasteiger partial charge in [0, 0.05) is 26.1 Å². The lowest BCUT2D eigenvalue weighted by atomic mass is 10.1. The van der Waals surface area contributed by atoms with Gasteiger partial charge in [-0.25, -0.2) is 14.2 Å². The summed E-state index contributed by atoms with van der Waals surface area (Å²) < 4.78 is 19.2. The number of benzene rings is 1. The predicted molar refractivity (Wildman–Crippen MR) is 109 cm³/mol. The van der Waals surface area contributed by atoms with Crippen molar-refractivity contribution in [3.8, 4) is 17.3 Å². The van der Waals surface area contributed by atoms with Crippen molar-refractivity contribution in [1.82, 2.24) is 15.3 Å². The topological polar surface area (TPSA) is 91.1 Å². The molecule has 2 aromatic rings. The van der Waals surface area contributed by atoms with E-state index in [0.717, 1.165) is 12.8 Å². The van der Waals surface area contributed by atoms with Crippen LogP contribution in [0.4, 0.5) is 15.0 Å². The summed E-state index contributed by atoms with van der Waals surface area (Å²) in [6, 6.07) is 6.25. The van der Waals surface area contributed by atoms with Gasteiger partial charge in [0.2, 0.25) is 0 Å². The predicted octanol–water partition coefficient (Wildman–Crippen LogP) is 3.89. The molecule has 7 nitrogen and oxygen atoms in total. The molecule has 0 spiro atoms. The third-order valence-electron chi connectivity index (χ3n) is 4.55. The van der Waals surface area contributed by atoms with Crippen LogP contribution >= 0.6 is 0 Å². The minimum Gasteiger partial charge on any atom is -0.444 e. The van der Waals surface area contributed by atoms with Gasteiger partial charge in [0.25, 0.3) is 0 Å². The van der Waals surface area contributed by atoms with Gasteiger partial charge >= 0.3 is 6.09 Å². The molecule has 1 saturated heterocycles. The summed E-state index contributed by atoms with van der Waals surface area (Å²) in [5, 5.41) is 11.8. The number of ether oxygens (including phenoxy) is 1. The number of carbonyl (C=O) groups is 1. The highest BCUT2D eigenvalue weighted by Crippen LogP contribution is 2.23. The molecule has 1 aliphatic rings. The normalized spacial score (nSPS) is 14.9. The molecule has 1 N–H and O–H groups in total. The van der Waals surface area contributed by atoms with Crippen LogP contribution in [0.1, 0.15) is 40.6 Å². The molecule has 154 valence electrons. The fourth-order valence-electron chi connectivity index (χ4n) is 3.14. The first-order valence-electron chi connectivity index (χ1n) is 9.52. The maximum Gasteiger partial charge on any atom is 0.407 e. The van der Waals surface area contributed by atoms with Gasteiger partial charge in [0.15, 0.2) is 0 Å². The number of nitrogens with one attached hydrogen (secondary N) is 1. The fourth-order valence-corrected chi connectivity index (χ4v) is 3.14. The Morgan fingerprint density at radius 3 is 2.69 bits per heavy atom. The monoisotopic (exact) mass is 399 g/mol. The number of alkyl carbamates (subject to hydrolysis) is 1. The molecule has 1 aromatic heterocycles. The number of nitriles is 1. The van der Waals surface area contributed by atoms with Gasteiger partial charge in [-0.05, 0) is 45.7 Å². The van der Waals surface area contributed by atoms with E-state index in [1.165, 1.54) is 12.1 Å². The molecule has 2 heterocycles. The van der Waals surface area contributed by atoms with Crippen molar-refractivity contribution in [2.75, 3.05) is 18.0 Å². The third kappa shape index (κ3) is 5.41. The number of rotatable bonds is 3. The van der Waals surface area contributed by atoms with E-state index in [1.807, 2.05) is 26.8 Å². The van der Waals surface area contributed by atoms with Crippen molar-refractivity contribution in [3.63, 3.8) is 0 Å². The molecular weight excluding hydrogens is 373 g/mol. The van der Waals surface area contributed by atoms with Gasteiger partial charge < -0.3 is 15.0 Å². The van der Waals surface area contributed by atoms with E-state index in [0.29, 0.717) is 30.2 Å². The molecule has 29 heavy (non-hydrogen) atoms. The highest BCUT2D eigenvalue weighted by atomic mass is 19.1. The third-order valence-corrected chi connectivity index (χ3v) is 4.55. The second-order valence-electron chi connectivity index (χ2n) is 7.98.